The van der Waals surface area contributed by atoms with E-state index in [0.717, 1.165) is 28.1 Å². The van der Waals surface area contributed by atoms with Gasteiger partial charge < -0.3 is 15.0 Å². The Hall–Kier alpha value is -4.05. The van der Waals surface area contributed by atoms with E-state index in [4.69, 9.17) is 10.1 Å². The number of hydrogen-bond donors (Lipinski definition) is 2. The van der Waals surface area contributed by atoms with Crippen molar-refractivity contribution in [2.75, 3.05) is 17.3 Å². The van der Waals surface area contributed by atoms with Gasteiger partial charge in [-0.05, 0) is 52.4 Å². The Balaban J connectivity index is 1.28. The van der Waals surface area contributed by atoms with Crippen LogP contribution >= 0.6 is 0 Å². The first-order valence-corrected chi connectivity index (χ1v) is 10.3. The fourth-order valence-electron chi connectivity index (χ4n) is 3.88. The normalized spacial score (nSPS) is 11.5. The second kappa shape index (κ2) is 8.00. The quantitative estimate of drug-likeness (QED) is 0.263. The zero-order valence-corrected chi connectivity index (χ0v) is 17.3. The molecule has 1 aliphatic carbocycles. The van der Waals surface area contributed by atoms with E-state index in [1.54, 1.807) is 0 Å². The second-order valence-corrected chi connectivity index (χ2v) is 7.61. The Labute approximate surface area is 181 Å². The molecule has 0 fully saturated rings. The largest absolute Gasteiger partial charge is 0.489 e. The van der Waals surface area contributed by atoms with Crippen molar-refractivity contribution in [3.8, 4) is 5.75 Å². The van der Waals surface area contributed by atoms with Gasteiger partial charge in [0.25, 0.3) is 0 Å². The monoisotopic (exact) mass is 405 g/mol. The maximum Gasteiger partial charge on any atom is 0.199 e. The molecule has 2 N–H and O–H groups in total. The lowest BCUT2D eigenvalue weighted by Gasteiger charge is -2.22. The molecule has 4 nitrogen and oxygen atoms in total. The minimum atomic E-state index is 0.310. The molecular formula is C27H23N3O. The summed E-state index contributed by atoms with van der Waals surface area (Å²) in [5.41, 5.74) is 5.43. The van der Waals surface area contributed by atoms with E-state index in [9.17, 15) is 0 Å². The highest BCUT2D eigenvalue weighted by Gasteiger charge is 2.14. The van der Waals surface area contributed by atoms with E-state index in [1.165, 1.54) is 16.5 Å². The van der Waals surface area contributed by atoms with Crippen molar-refractivity contribution in [3.05, 3.63) is 102 Å². The molecule has 0 bridgehead atoms. The van der Waals surface area contributed by atoms with Crippen LogP contribution in [0.25, 0.3) is 22.9 Å². The van der Waals surface area contributed by atoms with E-state index in [1.807, 2.05) is 72.6 Å². The van der Waals surface area contributed by atoms with Gasteiger partial charge in [-0.3, -0.25) is 5.41 Å². The first kappa shape index (κ1) is 18.9. The van der Waals surface area contributed by atoms with E-state index in [-0.39, 0.29) is 0 Å². The van der Waals surface area contributed by atoms with Crippen LogP contribution in [0.2, 0.25) is 0 Å². The Bertz CT molecular complexity index is 1270. The van der Waals surface area contributed by atoms with Crippen molar-refractivity contribution >= 4 is 40.3 Å². The van der Waals surface area contributed by atoms with Gasteiger partial charge in [-0.1, -0.05) is 66.7 Å². The van der Waals surface area contributed by atoms with Crippen LogP contribution in [0.1, 0.15) is 16.7 Å². The van der Waals surface area contributed by atoms with Crippen LogP contribution in [0.15, 0.2) is 84.9 Å². The standard InChI is InChI=1S/C27H23N3O/c1-30(22-13-15-23(16-14-22)31-18-19-6-3-2-4-7-19)27(28)29-25-17-12-21-11-10-20-8-5-9-24(25)26(20)21/h2-17H,18H2,1H3,(H2,28,29). The van der Waals surface area contributed by atoms with Gasteiger partial charge in [-0.15, -0.1) is 0 Å². The maximum absolute atomic E-state index is 8.58. The summed E-state index contributed by atoms with van der Waals surface area (Å²) in [6.07, 6.45) is 4.28. The van der Waals surface area contributed by atoms with E-state index < -0.39 is 0 Å². The van der Waals surface area contributed by atoms with Crippen molar-refractivity contribution in [2.45, 2.75) is 6.61 Å². The van der Waals surface area contributed by atoms with Crippen LogP contribution in [-0.4, -0.2) is 13.0 Å². The van der Waals surface area contributed by atoms with Crippen LogP contribution in [0.5, 0.6) is 5.75 Å². The molecular weight excluding hydrogens is 382 g/mol. The van der Waals surface area contributed by atoms with Gasteiger partial charge in [0, 0.05) is 23.8 Å². The van der Waals surface area contributed by atoms with Gasteiger partial charge in [-0.2, -0.15) is 0 Å². The lowest BCUT2D eigenvalue weighted by atomic mass is 10.0. The van der Waals surface area contributed by atoms with Crippen molar-refractivity contribution in [3.63, 3.8) is 0 Å². The molecule has 0 radical (unpaired) electrons. The highest BCUT2D eigenvalue weighted by Crippen LogP contribution is 2.35. The van der Waals surface area contributed by atoms with Crippen molar-refractivity contribution in [2.24, 2.45) is 0 Å². The number of hydrogen-bond acceptors (Lipinski definition) is 2. The summed E-state index contributed by atoms with van der Waals surface area (Å²) >= 11 is 0. The van der Waals surface area contributed by atoms with Gasteiger partial charge in [0.1, 0.15) is 12.4 Å². The highest BCUT2D eigenvalue weighted by molar-refractivity contribution is 6.13. The average molecular weight is 406 g/mol. The molecule has 0 saturated heterocycles. The van der Waals surface area contributed by atoms with Crippen LogP contribution in [0.4, 0.5) is 11.4 Å². The van der Waals surface area contributed by atoms with Gasteiger partial charge in [-0.25, -0.2) is 0 Å². The third-order valence-corrected chi connectivity index (χ3v) is 5.61. The maximum atomic E-state index is 8.58. The minimum absolute atomic E-state index is 0.310. The van der Waals surface area contributed by atoms with Gasteiger partial charge in [0.05, 0.1) is 0 Å². The number of ether oxygens (including phenoxy) is 1. The predicted octanol–water partition coefficient (Wildman–Crippen LogP) is 6.39. The molecule has 1 aliphatic rings. The van der Waals surface area contributed by atoms with Gasteiger partial charge in [0.15, 0.2) is 5.96 Å². The summed E-state index contributed by atoms with van der Waals surface area (Å²) in [6, 6.07) is 28.3. The number of guanidine groups is 1. The summed E-state index contributed by atoms with van der Waals surface area (Å²) in [5.74, 6) is 1.12. The Morgan fingerprint density at radius 3 is 2.35 bits per heavy atom. The molecule has 0 amide bonds. The summed E-state index contributed by atoms with van der Waals surface area (Å²) in [7, 11) is 1.89. The van der Waals surface area contributed by atoms with Crippen LogP contribution in [-0.2, 0) is 6.61 Å². The molecule has 0 saturated carbocycles. The molecule has 4 heteroatoms. The topological polar surface area (TPSA) is 48.4 Å². The zero-order valence-electron chi connectivity index (χ0n) is 17.3. The average Bonchev–Trinajstić information content (AvgIpc) is 3.24. The predicted molar refractivity (Wildman–Crippen MR) is 130 cm³/mol. The molecule has 0 unspecified atom stereocenters. The molecule has 0 heterocycles. The Morgan fingerprint density at radius 2 is 1.58 bits per heavy atom. The molecule has 4 aromatic rings. The minimum Gasteiger partial charge on any atom is -0.489 e. The summed E-state index contributed by atoms with van der Waals surface area (Å²) in [5, 5.41) is 14.2. The first-order chi connectivity index (χ1) is 15.2. The number of nitrogens with zero attached hydrogens (tertiary/aromatic N) is 1. The van der Waals surface area contributed by atoms with E-state index >= 15 is 0 Å². The highest BCUT2D eigenvalue weighted by atomic mass is 16.5. The Kier molecular flexibility index (Phi) is 4.89. The van der Waals surface area contributed by atoms with Crippen molar-refractivity contribution in [1.29, 1.82) is 5.41 Å². The molecule has 0 aliphatic heterocycles. The SMILES string of the molecule is CN(C(=N)Nc1ccc2c3c(cccc13)C=C2)c1ccc(OCc2ccccc2)cc1. The molecule has 5 rings (SSSR count). The van der Waals surface area contributed by atoms with Crippen LogP contribution in [0.3, 0.4) is 0 Å². The van der Waals surface area contributed by atoms with Crippen molar-refractivity contribution in [1.82, 2.24) is 0 Å². The summed E-state index contributed by atoms with van der Waals surface area (Å²) in [6.45, 7) is 0.535. The number of nitrogens with one attached hydrogen (secondary N) is 2. The summed E-state index contributed by atoms with van der Waals surface area (Å²) in [4.78, 5) is 1.82. The van der Waals surface area contributed by atoms with Crippen LogP contribution in [0, 0.1) is 5.41 Å². The number of rotatable bonds is 5. The fraction of sp³-hybridized carbons (Fsp3) is 0.0741. The molecule has 0 aromatic heterocycles. The number of anilines is 2. The van der Waals surface area contributed by atoms with Crippen LogP contribution < -0.4 is 15.0 Å². The zero-order chi connectivity index (χ0) is 21.2. The first-order valence-electron chi connectivity index (χ1n) is 10.3. The molecule has 0 spiro atoms. The van der Waals surface area contributed by atoms with E-state index in [2.05, 4.69) is 41.7 Å². The lowest BCUT2D eigenvalue weighted by Crippen LogP contribution is -2.32. The molecule has 4 aromatic carbocycles. The second-order valence-electron chi connectivity index (χ2n) is 7.61. The molecule has 0 atom stereocenters. The fourth-order valence-corrected chi connectivity index (χ4v) is 3.88. The Morgan fingerprint density at radius 1 is 0.839 bits per heavy atom. The van der Waals surface area contributed by atoms with Crippen molar-refractivity contribution < 1.29 is 4.74 Å². The van der Waals surface area contributed by atoms with Gasteiger partial charge >= 0.3 is 0 Å². The van der Waals surface area contributed by atoms with Gasteiger partial charge in [0.2, 0.25) is 0 Å². The number of benzene rings is 4. The lowest BCUT2D eigenvalue weighted by molar-refractivity contribution is 0.306. The summed E-state index contributed by atoms with van der Waals surface area (Å²) < 4.78 is 5.87. The van der Waals surface area contributed by atoms with E-state index in [0.29, 0.717) is 12.6 Å². The third kappa shape index (κ3) is 3.76. The third-order valence-electron chi connectivity index (χ3n) is 5.61. The molecule has 152 valence electrons. The molecule has 31 heavy (non-hydrogen) atoms. The smallest absolute Gasteiger partial charge is 0.199 e.